The van der Waals surface area contributed by atoms with Crippen molar-refractivity contribution in [1.82, 2.24) is 10.2 Å². The van der Waals surface area contributed by atoms with Crippen LogP contribution in [0.15, 0.2) is 0 Å². The first-order valence-corrected chi connectivity index (χ1v) is 6.61. The second-order valence-corrected chi connectivity index (χ2v) is 5.82. The highest BCUT2D eigenvalue weighted by molar-refractivity contribution is 5.80. The maximum Gasteiger partial charge on any atom is 0.323 e. The number of hydrogen-bond acceptors (Lipinski definition) is 3. The Morgan fingerprint density at radius 2 is 2.05 bits per heavy atom. The quantitative estimate of drug-likeness (QED) is 0.698. The van der Waals surface area contributed by atoms with Gasteiger partial charge in [0.2, 0.25) is 0 Å². The molecular weight excluding hydrogens is 248 g/mol. The van der Waals surface area contributed by atoms with Crippen molar-refractivity contribution in [3.8, 4) is 0 Å². The summed E-state index contributed by atoms with van der Waals surface area (Å²) in [5.41, 5.74) is -0.0654. The smallest absolute Gasteiger partial charge is 0.323 e. The molecule has 1 fully saturated rings. The van der Waals surface area contributed by atoms with Gasteiger partial charge in [-0.3, -0.25) is 4.79 Å². The summed E-state index contributed by atoms with van der Waals surface area (Å²) in [5.74, 6) is -0.972. The fraction of sp³-hybridized carbons (Fsp3) is 0.846. The van der Waals surface area contributed by atoms with Crippen LogP contribution in [0.2, 0.25) is 0 Å². The number of carbonyl (C=O) groups excluding carboxylic acids is 1. The molecule has 2 N–H and O–H groups in total. The number of amides is 2. The monoisotopic (exact) mass is 272 g/mol. The SMILES string of the molecule is COCCC(C)(C)CNC(=O)N(CC(=O)O)C1CC1. The van der Waals surface area contributed by atoms with Gasteiger partial charge in [0, 0.05) is 26.3 Å². The van der Waals surface area contributed by atoms with Gasteiger partial charge in [-0.1, -0.05) is 13.8 Å². The van der Waals surface area contributed by atoms with Crippen molar-refractivity contribution in [3.05, 3.63) is 0 Å². The summed E-state index contributed by atoms with van der Waals surface area (Å²) in [4.78, 5) is 24.2. The molecule has 1 rings (SSSR count). The van der Waals surface area contributed by atoms with E-state index in [4.69, 9.17) is 9.84 Å². The molecule has 0 saturated heterocycles. The Morgan fingerprint density at radius 3 is 2.53 bits per heavy atom. The molecule has 2 amide bonds. The molecule has 19 heavy (non-hydrogen) atoms. The fourth-order valence-corrected chi connectivity index (χ4v) is 1.78. The molecule has 0 atom stereocenters. The number of carboxylic acid groups (broad SMARTS) is 1. The van der Waals surface area contributed by atoms with Crippen LogP contribution in [0, 0.1) is 5.41 Å². The van der Waals surface area contributed by atoms with E-state index in [9.17, 15) is 9.59 Å². The zero-order valence-corrected chi connectivity index (χ0v) is 11.9. The van der Waals surface area contributed by atoms with E-state index in [1.807, 2.05) is 13.8 Å². The van der Waals surface area contributed by atoms with Crippen LogP contribution in [0.4, 0.5) is 4.79 Å². The van der Waals surface area contributed by atoms with Crippen molar-refractivity contribution >= 4 is 12.0 Å². The van der Waals surface area contributed by atoms with Crippen LogP contribution in [0.25, 0.3) is 0 Å². The van der Waals surface area contributed by atoms with E-state index in [1.54, 1.807) is 7.11 Å². The van der Waals surface area contributed by atoms with Crippen LogP contribution in [0.1, 0.15) is 33.1 Å². The van der Waals surface area contributed by atoms with E-state index >= 15 is 0 Å². The highest BCUT2D eigenvalue weighted by Gasteiger charge is 2.34. The van der Waals surface area contributed by atoms with Crippen molar-refractivity contribution in [2.24, 2.45) is 5.41 Å². The number of rotatable bonds is 8. The Hall–Kier alpha value is -1.30. The number of hydrogen-bond donors (Lipinski definition) is 2. The molecule has 0 aliphatic heterocycles. The van der Waals surface area contributed by atoms with E-state index in [2.05, 4.69) is 5.32 Å². The van der Waals surface area contributed by atoms with Gasteiger partial charge in [-0.25, -0.2) is 4.79 Å². The number of carbonyl (C=O) groups is 2. The predicted octanol–water partition coefficient (Wildman–Crippen LogP) is 1.31. The standard InChI is InChI=1S/C13H24N2O4/c1-13(2,6-7-19-3)9-14-12(18)15(8-11(16)17)10-4-5-10/h10H,4-9H2,1-3H3,(H,14,18)(H,16,17). The van der Waals surface area contributed by atoms with E-state index in [0.717, 1.165) is 19.3 Å². The summed E-state index contributed by atoms with van der Waals surface area (Å²) in [6.07, 6.45) is 2.63. The molecule has 0 unspecified atom stereocenters. The lowest BCUT2D eigenvalue weighted by atomic mass is 9.90. The van der Waals surface area contributed by atoms with Crippen LogP contribution in [-0.2, 0) is 9.53 Å². The zero-order valence-electron chi connectivity index (χ0n) is 11.9. The van der Waals surface area contributed by atoms with Crippen LogP contribution < -0.4 is 5.32 Å². The Labute approximate surface area is 114 Å². The van der Waals surface area contributed by atoms with E-state index < -0.39 is 5.97 Å². The largest absolute Gasteiger partial charge is 0.480 e. The lowest BCUT2D eigenvalue weighted by Crippen LogP contribution is -2.46. The molecule has 0 heterocycles. The lowest BCUT2D eigenvalue weighted by Gasteiger charge is -2.27. The number of methoxy groups -OCH3 is 1. The van der Waals surface area contributed by atoms with Crippen molar-refractivity contribution in [3.63, 3.8) is 0 Å². The van der Waals surface area contributed by atoms with Crippen LogP contribution in [0.3, 0.4) is 0 Å². The summed E-state index contributed by atoms with van der Waals surface area (Å²) in [5, 5.41) is 11.6. The first kappa shape index (κ1) is 15.8. The van der Waals surface area contributed by atoms with Crippen LogP contribution >= 0.6 is 0 Å². The van der Waals surface area contributed by atoms with Gasteiger partial charge in [0.15, 0.2) is 0 Å². The molecule has 0 radical (unpaired) electrons. The van der Waals surface area contributed by atoms with Gasteiger partial charge in [0.25, 0.3) is 0 Å². The summed E-state index contributed by atoms with van der Waals surface area (Å²) in [7, 11) is 1.65. The molecule has 1 aliphatic carbocycles. The minimum atomic E-state index is -0.972. The number of aliphatic carboxylic acids is 1. The minimum absolute atomic E-state index is 0.0654. The molecule has 0 aromatic carbocycles. The van der Waals surface area contributed by atoms with Gasteiger partial charge in [0.1, 0.15) is 6.54 Å². The predicted molar refractivity (Wildman–Crippen MR) is 71.0 cm³/mol. The number of carboxylic acids is 1. The first-order chi connectivity index (χ1) is 8.85. The Bertz CT molecular complexity index is 327. The van der Waals surface area contributed by atoms with E-state index in [0.29, 0.717) is 13.2 Å². The van der Waals surface area contributed by atoms with E-state index in [-0.39, 0.29) is 24.0 Å². The van der Waals surface area contributed by atoms with Gasteiger partial charge in [-0.15, -0.1) is 0 Å². The highest BCUT2D eigenvalue weighted by atomic mass is 16.5. The molecule has 0 aromatic rings. The lowest BCUT2D eigenvalue weighted by molar-refractivity contribution is -0.137. The van der Waals surface area contributed by atoms with Gasteiger partial charge in [-0.2, -0.15) is 0 Å². The molecule has 6 heteroatoms. The molecular formula is C13H24N2O4. The second kappa shape index (κ2) is 6.75. The zero-order chi connectivity index (χ0) is 14.5. The van der Waals surface area contributed by atoms with Crippen molar-refractivity contribution in [2.75, 3.05) is 26.8 Å². The third-order valence-corrected chi connectivity index (χ3v) is 3.26. The number of nitrogens with zero attached hydrogens (tertiary/aromatic N) is 1. The molecule has 110 valence electrons. The molecule has 0 aromatic heterocycles. The number of urea groups is 1. The third kappa shape index (κ3) is 5.92. The Morgan fingerprint density at radius 1 is 1.42 bits per heavy atom. The average Bonchev–Trinajstić information content (AvgIpc) is 3.14. The number of ether oxygens (including phenoxy) is 1. The van der Waals surface area contributed by atoms with Gasteiger partial charge in [0.05, 0.1) is 0 Å². The van der Waals surface area contributed by atoms with Crippen molar-refractivity contribution < 1.29 is 19.4 Å². The number of nitrogens with one attached hydrogen (secondary N) is 1. The molecule has 0 spiro atoms. The van der Waals surface area contributed by atoms with Crippen LogP contribution in [0.5, 0.6) is 0 Å². The summed E-state index contributed by atoms with van der Waals surface area (Å²) < 4.78 is 5.03. The maximum absolute atomic E-state index is 12.0. The maximum atomic E-state index is 12.0. The minimum Gasteiger partial charge on any atom is -0.480 e. The summed E-state index contributed by atoms with van der Waals surface area (Å²) >= 11 is 0. The third-order valence-electron chi connectivity index (χ3n) is 3.26. The second-order valence-electron chi connectivity index (χ2n) is 5.82. The van der Waals surface area contributed by atoms with Crippen molar-refractivity contribution in [1.29, 1.82) is 0 Å². The normalized spacial score (nSPS) is 15.1. The summed E-state index contributed by atoms with van der Waals surface area (Å²) in [6, 6.07) is -0.187. The Balaban J connectivity index is 2.41. The van der Waals surface area contributed by atoms with Gasteiger partial charge in [-0.05, 0) is 24.7 Å². The fourth-order valence-electron chi connectivity index (χ4n) is 1.78. The van der Waals surface area contributed by atoms with Crippen molar-refractivity contribution in [2.45, 2.75) is 39.2 Å². The average molecular weight is 272 g/mol. The Kier molecular flexibility index (Phi) is 5.60. The van der Waals surface area contributed by atoms with E-state index in [1.165, 1.54) is 4.90 Å². The molecule has 6 nitrogen and oxygen atoms in total. The van der Waals surface area contributed by atoms with Gasteiger partial charge < -0.3 is 20.1 Å². The summed E-state index contributed by atoms with van der Waals surface area (Å²) in [6.45, 7) is 5.02. The van der Waals surface area contributed by atoms with Gasteiger partial charge >= 0.3 is 12.0 Å². The molecule has 1 saturated carbocycles. The first-order valence-electron chi connectivity index (χ1n) is 6.61. The topological polar surface area (TPSA) is 78.9 Å². The molecule has 0 bridgehead atoms. The molecule has 1 aliphatic rings. The van der Waals surface area contributed by atoms with Crippen LogP contribution in [-0.4, -0.2) is 54.9 Å². The highest BCUT2D eigenvalue weighted by Crippen LogP contribution is 2.27.